The second-order valence-electron chi connectivity index (χ2n) is 3.93. The van der Waals surface area contributed by atoms with Gasteiger partial charge in [0.2, 0.25) is 10.0 Å². The van der Waals surface area contributed by atoms with E-state index in [0.29, 0.717) is 5.56 Å². The Labute approximate surface area is 109 Å². The fraction of sp³-hybridized carbons (Fsp3) is 0.455. The molecule has 0 radical (unpaired) electrons. The van der Waals surface area contributed by atoms with Crippen molar-refractivity contribution in [2.45, 2.75) is 30.5 Å². The van der Waals surface area contributed by atoms with Crippen molar-refractivity contribution in [1.82, 2.24) is 4.72 Å². The minimum absolute atomic E-state index is 0.00417. The molecule has 0 spiro atoms. The van der Waals surface area contributed by atoms with E-state index in [9.17, 15) is 21.6 Å². The minimum Gasteiger partial charge on any atom is -0.326 e. The van der Waals surface area contributed by atoms with E-state index in [-0.39, 0.29) is 24.4 Å². The number of hydrogen-bond acceptors (Lipinski definition) is 3. The molecule has 0 amide bonds. The maximum Gasteiger partial charge on any atom is 0.389 e. The van der Waals surface area contributed by atoms with Crippen LogP contribution in [0.2, 0.25) is 0 Å². The van der Waals surface area contributed by atoms with Crippen LogP contribution in [0.3, 0.4) is 0 Å². The van der Waals surface area contributed by atoms with Crippen molar-refractivity contribution >= 4 is 10.0 Å². The molecule has 0 fully saturated rings. The van der Waals surface area contributed by atoms with Crippen LogP contribution in [0.1, 0.15) is 18.4 Å². The molecule has 0 unspecified atom stereocenters. The van der Waals surface area contributed by atoms with Crippen molar-refractivity contribution in [2.75, 3.05) is 6.54 Å². The zero-order chi connectivity index (χ0) is 14.5. The van der Waals surface area contributed by atoms with Crippen LogP contribution in [0.25, 0.3) is 0 Å². The van der Waals surface area contributed by atoms with Crippen molar-refractivity contribution < 1.29 is 21.6 Å². The van der Waals surface area contributed by atoms with Gasteiger partial charge < -0.3 is 5.73 Å². The van der Waals surface area contributed by atoms with E-state index in [1.807, 2.05) is 0 Å². The first-order valence-electron chi connectivity index (χ1n) is 5.60. The molecule has 1 rings (SSSR count). The van der Waals surface area contributed by atoms with E-state index in [2.05, 4.69) is 4.72 Å². The van der Waals surface area contributed by atoms with Crippen molar-refractivity contribution in [3.05, 3.63) is 29.8 Å². The Bertz CT molecular complexity index is 515. The normalized spacial score (nSPS) is 12.6. The standard InChI is InChI=1S/C11H15F3N2O2S/c12-11(13,14)6-3-7-16-19(17,18)10-5-2-1-4-9(10)8-15/h1-2,4-5,16H,3,6-8,15H2. The minimum atomic E-state index is -4.28. The van der Waals surface area contributed by atoms with Gasteiger partial charge in [-0.2, -0.15) is 13.2 Å². The van der Waals surface area contributed by atoms with Gasteiger partial charge in [-0.25, -0.2) is 13.1 Å². The zero-order valence-corrected chi connectivity index (χ0v) is 10.9. The third-order valence-corrected chi connectivity index (χ3v) is 3.97. The number of hydrogen-bond donors (Lipinski definition) is 2. The zero-order valence-electron chi connectivity index (χ0n) is 10.1. The average Bonchev–Trinajstić information content (AvgIpc) is 2.33. The third-order valence-electron chi connectivity index (χ3n) is 2.41. The molecular formula is C11H15F3N2O2S. The molecule has 3 N–H and O–H groups in total. The van der Waals surface area contributed by atoms with Crippen LogP contribution in [-0.2, 0) is 16.6 Å². The molecule has 0 heterocycles. The van der Waals surface area contributed by atoms with E-state index in [4.69, 9.17) is 5.73 Å². The smallest absolute Gasteiger partial charge is 0.326 e. The second kappa shape index (κ2) is 6.36. The molecule has 0 saturated carbocycles. The van der Waals surface area contributed by atoms with Gasteiger partial charge in [-0.15, -0.1) is 0 Å². The van der Waals surface area contributed by atoms with Gasteiger partial charge in [0.15, 0.2) is 0 Å². The number of nitrogens with one attached hydrogen (secondary N) is 1. The molecule has 0 atom stereocenters. The highest BCUT2D eigenvalue weighted by Crippen LogP contribution is 2.21. The molecular weight excluding hydrogens is 281 g/mol. The first-order chi connectivity index (χ1) is 8.76. The lowest BCUT2D eigenvalue weighted by molar-refractivity contribution is -0.135. The molecule has 0 aliphatic rings. The van der Waals surface area contributed by atoms with E-state index < -0.39 is 22.6 Å². The average molecular weight is 296 g/mol. The fourth-order valence-electron chi connectivity index (χ4n) is 1.51. The van der Waals surface area contributed by atoms with E-state index >= 15 is 0 Å². The number of sulfonamides is 1. The van der Waals surface area contributed by atoms with Gasteiger partial charge in [0.1, 0.15) is 0 Å². The Kier molecular flexibility index (Phi) is 5.33. The van der Waals surface area contributed by atoms with Gasteiger partial charge in [-0.1, -0.05) is 18.2 Å². The maximum absolute atomic E-state index is 11.9. The largest absolute Gasteiger partial charge is 0.389 e. The van der Waals surface area contributed by atoms with Gasteiger partial charge >= 0.3 is 6.18 Å². The summed E-state index contributed by atoms with van der Waals surface area (Å²) in [5, 5.41) is 0. The maximum atomic E-state index is 11.9. The quantitative estimate of drug-likeness (QED) is 0.786. The van der Waals surface area contributed by atoms with Crippen LogP contribution in [0, 0.1) is 0 Å². The van der Waals surface area contributed by atoms with Crippen LogP contribution in [0.15, 0.2) is 29.2 Å². The summed E-state index contributed by atoms with van der Waals surface area (Å²) in [4.78, 5) is 0.00417. The van der Waals surface area contributed by atoms with Crippen LogP contribution in [0.5, 0.6) is 0 Å². The molecule has 0 bridgehead atoms. The molecule has 19 heavy (non-hydrogen) atoms. The highest BCUT2D eigenvalue weighted by atomic mass is 32.2. The Morgan fingerprint density at radius 1 is 1.21 bits per heavy atom. The molecule has 0 aliphatic heterocycles. The highest BCUT2D eigenvalue weighted by Gasteiger charge is 2.26. The van der Waals surface area contributed by atoms with Gasteiger partial charge in [0, 0.05) is 19.5 Å². The van der Waals surface area contributed by atoms with E-state index in [1.165, 1.54) is 12.1 Å². The first-order valence-corrected chi connectivity index (χ1v) is 7.09. The van der Waals surface area contributed by atoms with Gasteiger partial charge in [0.05, 0.1) is 4.90 Å². The van der Waals surface area contributed by atoms with Crippen molar-refractivity contribution in [2.24, 2.45) is 5.73 Å². The number of halogens is 3. The monoisotopic (exact) mass is 296 g/mol. The summed E-state index contributed by atoms with van der Waals surface area (Å²) >= 11 is 0. The van der Waals surface area contributed by atoms with Crippen LogP contribution >= 0.6 is 0 Å². The van der Waals surface area contributed by atoms with Crippen molar-refractivity contribution in [3.63, 3.8) is 0 Å². The van der Waals surface area contributed by atoms with Crippen LogP contribution in [0.4, 0.5) is 13.2 Å². The SMILES string of the molecule is NCc1ccccc1S(=O)(=O)NCCCC(F)(F)F. The Morgan fingerprint density at radius 2 is 1.84 bits per heavy atom. The summed E-state index contributed by atoms with van der Waals surface area (Å²) in [7, 11) is -3.82. The first kappa shape index (κ1) is 15.9. The molecule has 108 valence electrons. The van der Waals surface area contributed by atoms with Crippen LogP contribution in [-0.4, -0.2) is 21.1 Å². The third kappa shape index (κ3) is 5.17. The summed E-state index contributed by atoms with van der Waals surface area (Å²) < 4.78 is 61.7. The summed E-state index contributed by atoms with van der Waals surface area (Å²) in [6, 6.07) is 6.10. The molecule has 1 aromatic carbocycles. The molecule has 1 aromatic rings. The lowest BCUT2D eigenvalue weighted by Gasteiger charge is -2.11. The molecule has 8 heteroatoms. The number of benzene rings is 1. The lowest BCUT2D eigenvalue weighted by Crippen LogP contribution is -2.27. The predicted octanol–water partition coefficient (Wildman–Crippen LogP) is 1.77. The Hall–Kier alpha value is -1.12. The van der Waals surface area contributed by atoms with E-state index in [0.717, 1.165) is 0 Å². The summed E-state index contributed by atoms with van der Waals surface area (Å²) in [6.45, 7) is -0.222. The number of rotatable bonds is 6. The number of alkyl halides is 3. The fourth-order valence-corrected chi connectivity index (χ4v) is 2.83. The summed E-state index contributed by atoms with van der Waals surface area (Å²) in [5.41, 5.74) is 5.84. The Morgan fingerprint density at radius 3 is 2.42 bits per heavy atom. The molecule has 0 saturated heterocycles. The van der Waals surface area contributed by atoms with E-state index in [1.54, 1.807) is 12.1 Å². The van der Waals surface area contributed by atoms with Gasteiger partial charge in [-0.05, 0) is 18.1 Å². The predicted molar refractivity (Wildman–Crippen MR) is 64.8 cm³/mol. The van der Waals surface area contributed by atoms with Gasteiger partial charge in [-0.3, -0.25) is 0 Å². The van der Waals surface area contributed by atoms with Crippen LogP contribution < -0.4 is 10.5 Å². The molecule has 0 aliphatic carbocycles. The lowest BCUT2D eigenvalue weighted by atomic mass is 10.2. The Balaban J connectivity index is 2.66. The summed E-state index contributed by atoms with van der Waals surface area (Å²) in [5.74, 6) is 0. The number of nitrogens with two attached hydrogens (primary N) is 1. The second-order valence-corrected chi connectivity index (χ2v) is 5.66. The van der Waals surface area contributed by atoms with Gasteiger partial charge in [0.25, 0.3) is 0 Å². The van der Waals surface area contributed by atoms with Crippen molar-refractivity contribution in [1.29, 1.82) is 0 Å². The topological polar surface area (TPSA) is 72.2 Å². The summed E-state index contributed by atoms with van der Waals surface area (Å²) in [6.07, 6.45) is -5.60. The highest BCUT2D eigenvalue weighted by molar-refractivity contribution is 7.89. The molecule has 4 nitrogen and oxygen atoms in total. The molecule has 0 aromatic heterocycles. The van der Waals surface area contributed by atoms with Crippen molar-refractivity contribution in [3.8, 4) is 0 Å².